The van der Waals surface area contributed by atoms with Gasteiger partial charge in [-0.15, -0.1) is 11.3 Å². The molecule has 7 aromatic carbocycles. The van der Waals surface area contributed by atoms with E-state index < -0.39 is 0 Å². The number of anilines is 1. The number of amidine groups is 1. The van der Waals surface area contributed by atoms with Crippen LogP contribution in [0.4, 0.5) is 5.69 Å². The van der Waals surface area contributed by atoms with Crippen LogP contribution in [0.3, 0.4) is 0 Å². The van der Waals surface area contributed by atoms with Crippen LogP contribution in [0.1, 0.15) is 46.2 Å². The number of nitrogens with zero attached hydrogens (tertiary/aromatic N) is 1. The molecule has 3 N–H and O–H groups in total. The Balaban J connectivity index is 0.999. The second-order valence-corrected chi connectivity index (χ2v) is 14.3. The summed E-state index contributed by atoms with van der Waals surface area (Å²) in [5.41, 5.74) is 10.9. The van der Waals surface area contributed by atoms with Crippen molar-refractivity contribution < 1.29 is 0 Å². The Morgan fingerprint density at radius 2 is 1.22 bits per heavy atom. The van der Waals surface area contributed by atoms with Gasteiger partial charge in [-0.2, -0.15) is 0 Å². The van der Waals surface area contributed by atoms with Gasteiger partial charge in [-0.1, -0.05) is 158 Å². The molecular weight excluding hydrogens is 641 g/mol. The normalized spacial score (nSPS) is 18.0. The smallest absolute Gasteiger partial charge is 0.131 e. The molecule has 0 saturated heterocycles. The Bertz CT molecular complexity index is 2570. The molecule has 5 heteroatoms. The highest BCUT2D eigenvalue weighted by Crippen LogP contribution is 2.52. The van der Waals surface area contributed by atoms with Crippen LogP contribution in [0.15, 0.2) is 175 Å². The number of benzene rings is 7. The van der Waals surface area contributed by atoms with E-state index in [9.17, 15) is 0 Å². The largest absolute Gasteiger partial charge is 0.373 e. The van der Waals surface area contributed by atoms with Gasteiger partial charge in [-0.25, -0.2) is 4.99 Å². The molecular formula is C46H34N4S. The molecule has 2 aliphatic rings. The van der Waals surface area contributed by atoms with Crippen molar-refractivity contribution in [2.24, 2.45) is 4.99 Å². The lowest BCUT2D eigenvalue weighted by molar-refractivity contribution is 0.409. The van der Waals surface area contributed by atoms with E-state index >= 15 is 0 Å². The van der Waals surface area contributed by atoms with E-state index in [0.29, 0.717) is 0 Å². The predicted molar refractivity (Wildman–Crippen MR) is 213 cm³/mol. The van der Waals surface area contributed by atoms with Gasteiger partial charge in [-0.05, 0) is 50.7 Å². The fourth-order valence-electron chi connectivity index (χ4n) is 7.68. The summed E-state index contributed by atoms with van der Waals surface area (Å²) < 4.78 is 1.32. The summed E-state index contributed by atoms with van der Waals surface area (Å²) in [7, 11) is 0. The summed E-state index contributed by atoms with van der Waals surface area (Å²) in [6.07, 6.45) is -0.262. The van der Waals surface area contributed by atoms with Gasteiger partial charge < -0.3 is 10.6 Å². The summed E-state index contributed by atoms with van der Waals surface area (Å²) in [5, 5.41) is 15.3. The zero-order valence-corrected chi connectivity index (χ0v) is 28.6. The van der Waals surface area contributed by atoms with Crippen molar-refractivity contribution in [2.75, 3.05) is 5.32 Å². The number of aliphatic imine (C=N–C) groups is 1. The molecule has 4 nitrogen and oxygen atoms in total. The molecule has 0 fully saturated rings. The van der Waals surface area contributed by atoms with Gasteiger partial charge >= 0.3 is 0 Å². The second kappa shape index (κ2) is 12.4. The van der Waals surface area contributed by atoms with Crippen molar-refractivity contribution >= 4 is 43.7 Å². The highest BCUT2D eigenvalue weighted by atomic mass is 32.1. The summed E-state index contributed by atoms with van der Waals surface area (Å²) >= 11 is 1.90. The maximum atomic E-state index is 5.07. The van der Waals surface area contributed by atoms with Gasteiger partial charge in [0.1, 0.15) is 18.2 Å². The number of rotatable bonds is 5. The second-order valence-electron chi connectivity index (χ2n) is 13.3. The highest BCUT2D eigenvalue weighted by Gasteiger charge is 2.31. The molecule has 0 radical (unpaired) electrons. The first-order chi connectivity index (χ1) is 25.3. The summed E-state index contributed by atoms with van der Waals surface area (Å²) in [6.45, 7) is 0. The van der Waals surface area contributed by atoms with Crippen LogP contribution in [0.25, 0.3) is 42.4 Å². The average Bonchev–Trinajstić information content (AvgIpc) is 3.61. The minimum Gasteiger partial charge on any atom is -0.373 e. The van der Waals surface area contributed by atoms with E-state index in [1.807, 2.05) is 23.5 Å². The number of hydrogen-bond donors (Lipinski definition) is 3. The topological polar surface area (TPSA) is 48.5 Å². The number of fused-ring (bicyclic) bond motifs is 7. The monoisotopic (exact) mass is 674 g/mol. The molecule has 3 unspecified atom stereocenters. The van der Waals surface area contributed by atoms with Gasteiger partial charge in [0.05, 0.1) is 11.7 Å². The quantitative estimate of drug-likeness (QED) is 0.170. The third kappa shape index (κ3) is 5.30. The van der Waals surface area contributed by atoms with Crippen molar-refractivity contribution in [2.45, 2.75) is 18.4 Å². The zero-order chi connectivity index (χ0) is 33.7. The maximum Gasteiger partial charge on any atom is 0.131 e. The van der Waals surface area contributed by atoms with Crippen LogP contribution in [0.5, 0.6) is 0 Å². The molecule has 3 atom stereocenters. The Morgan fingerprint density at radius 1 is 0.510 bits per heavy atom. The fraction of sp³-hybridized carbons (Fsp3) is 0.0652. The minimum atomic E-state index is -0.160. The summed E-state index contributed by atoms with van der Waals surface area (Å²) in [4.78, 5) is 6.42. The fourth-order valence-corrected chi connectivity index (χ4v) is 8.95. The van der Waals surface area contributed by atoms with Gasteiger partial charge in [0.25, 0.3) is 0 Å². The molecule has 8 aromatic rings. The van der Waals surface area contributed by atoms with Crippen molar-refractivity contribution in [3.05, 3.63) is 198 Å². The third-order valence-electron chi connectivity index (χ3n) is 10.2. The third-order valence-corrected chi connectivity index (χ3v) is 11.4. The molecule has 0 aliphatic carbocycles. The van der Waals surface area contributed by atoms with Crippen molar-refractivity contribution in [1.82, 2.24) is 10.6 Å². The molecule has 0 bridgehead atoms. The van der Waals surface area contributed by atoms with Gasteiger partial charge in [0, 0.05) is 31.7 Å². The predicted octanol–water partition coefficient (Wildman–Crippen LogP) is 11.2. The van der Waals surface area contributed by atoms with Gasteiger partial charge in [-0.3, -0.25) is 5.32 Å². The van der Waals surface area contributed by atoms with Gasteiger partial charge in [0.2, 0.25) is 0 Å². The lowest BCUT2D eigenvalue weighted by Gasteiger charge is -2.32. The van der Waals surface area contributed by atoms with Crippen LogP contribution in [0.2, 0.25) is 0 Å². The first-order valence-electron chi connectivity index (χ1n) is 17.5. The standard InChI is InChI=1S/C46H34N4S/c1-3-13-31(14-4-1)44-48-45(32-15-5-2-6-16-32)50-46(49-44)33-24-22-29(23-25-33)34-17-11-18-35(28-34)41-40-37-20-9-10-21-39(37)51-43(40)38-27-26-30-12-7-8-19-36(30)42(38)47-41/h1-28,41,44,46-47,49H,(H,48,50). The molecule has 51 heavy (non-hydrogen) atoms. The van der Waals surface area contributed by atoms with Crippen molar-refractivity contribution in [3.63, 3.8) is 0 Å². The van der Waals surface area contributed by atoms with Crippen LogP contribution in [0, 0.1) is 0 Å². The lowest BCUT2D eigenvalue weighted by atomic mass is 9.87. The Kier molecular flexibility index (Phi) is 7.26. The first-order valence-corrected chi connectivity index (χ1v) is 18.3. The van der Waals surface area contributed by atoms with E-state index in [1.54, 1.807) is 0 Å². The minimum absolute atomic E-state index is 0.0231. The molecule has 0 spiro atoms. The SMILES string of the molecule is c1ccc(C2=NC(c3ccccc3)NC(c3ccc(-c4cccc(C5Nc6c(ccc7ccccc67)-c6sc7ccccc7c65)c4)cc3)N2)cc1. The number of thiophene rings is 1. The van der Waals surface area contributed by atoms with E-state index in [4.69, 9.17) is 4.99 Å². The highest BCUT2D eigenvalue weighted by molar-refractivity contribution is 7.22. The zero-order valence-electron chi connectivity index (χ0n) is 27.8. The number of hydrogen-bond acceptors (Lipinski definition) is 5. The Hall–Kier alpha value is -6.01. The van der Waals surface area contributed by atoms with Crippen LogP contribution in [-0.4, -0.2) is 5.84 Å². The first kappa shape index (κ1) is 29.9. The molecule has 3 heterocycles. The van der Waals surface area contributed by atoms with Crippen molar-refractivity contribution in [1.29, 1.82) is 0 Å². The van der Waals surface area contributed by atoms with Gasteiger partial charge in [0.15, 0.2) is 0 Å². The Labute approximate surface area is 301 Å². The average molecular weight is 675 g/mol. The molecule has 10 rings (SSSR count). The van der Waals surface area contributed by atoms with Crippen LogP contribution < -0.4 is 16.0 Å². The molecule has 2 aliphatic heterocycles. The van der Waals surface area contributed by atoms with Crippen molar-refractivity contribution in [3.8, 4) is 21.6 Å². The Morgan fingerprint density at radius 3 is 2.06 bits per heavy atom. The van der Waals surface area contributed by atoms with E-state index in [1.165, 1.54) is 59.2 Å². The van der Waals surface area contributed by atoms with E-state index in [2.05, 4.69) is 174 Å². The van der Waals surface area contributed by atoms with Crippen LogP contribution >= 0.6 is 11.3 Å². The lowest BCUT2D eigenvalue weighted by Crippen LogP contribution is -2.44. The van der Waals surface area contributed by atoms with E-state index in [0.717, 1.165) is 22.5 Å². The summed E-state index contributed by atoms with van der Waals surface area (Å²) in [5.74, 6) is 0.889. The summed E-state index contributed by atoms with van der Waals surface area (Å²) in [6, 6.07) is 60.9. The molecule has 1 aromatic heterocycles. The number of nitrogens with one attached hydrogen (secondary N) is 3. The van der Waals surface area contributed by atoms with E-state index in [-0.39, 0.29) is 18.4 Å². The molecule has 0 saturated carbocycles. The molecule has 0 amide bonds. The maximum absolute atomic E-state index is 5.07. The van der Waals surface area contributed by atoms with Crippen LogP contribution in [-0.2, 0) is 0 Å². The molecule has 244 valence electrons.